The second kappa shape index (κ2) is 14.4. The molecule has 0 saturated heterocycles. The van der Waals surface area contributed by atoms with Crippen LogP contribution < -0.4 is 14.4 Å². The quantitative estimate of drug-likeness (QED) is 0.382. The number of hydrogen-bond acceptors (Lipinski definition) is 5. The average molecular weight is 558 g/mol. The zero-order chi connectivity index (χ0) is 28.4. The number of anilines is 1. The molecule has 9 heteroatoms. The van der Waals surface area contributed by atoms with Gasteiger partial charge in [-0.05, 0) is 50.3 Å². The highest BCUT2D eigenvalue weighted by Crippen LogP contribution is 2.24. The second-order valence-electron chi connectivity index (χ2n) is 10.4. The zero-order valence-corrected chi connectivity index (χ0v) is 24.5. The standard InChI is InChI=1S/C30H43N3O5S/c1-5-28(30(35)31-25-14-7-6-8-15-25)32(22-24-13-9-12-23(2)20-24)29(34)18-11-19-33(39(4,36)37)26-16-10-17-27(21-26)38-3/h9-10,12-13,16-17,20-21,25,28H,5-8,11,14-15,18-19,22H2,1-4H3,(H,31,35)/t28-/m1/s1. The van der Waals surface area contributed by atoms with Crippen LogP contribution in [0.15, 0.2) is 48.5 Å². The Morgan fingerprint density at radius 2 is 1.79 bits per heavy atom. The molecule has 1 fully saturated rings. The van der Waals surface area contributed by atoms with E-state index in [9.17, 15) is 18.0 Å². The first-order valence-electron chi connectivity index (χ1n) is 13.9. The van der Waals surface area contributed by atoms with E-state index >= 15 is 0 Å². The normalized spacial score (nSPS) is 14.9. The molecule has 0 unspecified atom stereocenters. The van der Waals surface area contributed by atoms with E-state index < -0.39 is 16.1 Å². The van der Waals surface area contributed by atoms with Gasteiger partial charge in [0.2, 0.25) is 21.8 Å². The summed E-state index contributed by atoms with van der Waals surface area (Å²) in [6.45, 7) is 4.39. The third kappa shape index (κ3) is 8.98. The number of nitrogens with zero attached hydrogens (tertiary/aromatic N) is 2. The van der Waals surface area contributed by atoms with E-state index in [1.165, 1.54) is 17.8 Å². The predicted octanol–water partition coefficient (Wildman–Crippen LogP) is 4.81. The van der Waals surface area contributed by atoms with Gasteiger partial charge in [0.15, 0.2) is 0 Å². The Kier molecular flexibility index (Phi) is 11.2. The second-order valence-corrected chi connectivity index (χ2v) is 12.3. The number of hydrogen-bond donors (Lipinski definition) is 1. The van der Waals surface area contributed by atoms with E-state index in [-0.39, 0.29) is 30.8 Å². The number of amides is 2. The predicted molar refractivity (Wildman–Crippen MR) is 155 cm³/mol. The monoisotopic (exact) mass is 557 g/mol. The maximum atomic E-state index is 13.7. The van der Waals surface area contributed by atoms with Crippen molar-refractivity contribution in [1.82, 2.24) is 10.2 Å². The van der Waals surface area contributed by atoms with Crippen molar-refractivity contribution in [3.63, 3.8) is 0 Å². The van der Waals surface area contributed by atoms with E-state index in [1.807, 2.05) is 38.1 Å². The molecule has 214 valence electrons. The van der Waals surface area contributed by atoms with Crippen molar-refractivity contribution in [2.45, 2.75) is 83.8 Å². The Hall–Kier alpha value is -3.07. The lowest BCUT2D eigenvalue weighted by Gasteiger charge is -2.33. The Labute approximate surface area is 233 Å². The molecule has 1 atom stereocenters. The number of rotatable bonds is 13. The molecule has 2 aromatic carbocycles. The van der Waals surface area contributed by atoms with Gasteiger partial charge in [0, 0.05) is 31.6 Å². The van der Waals surface area contributed by atoms with Gasteiger partial charge in [-0.2, -0.15) is 0 Å². The van der Waals surface area contributed by atoms with Crippen LogP contribution in [0.4, 0.5) is 5.69 Å². The third-order valence-electron chi connectivity index (χ3n) is 7.27. The van der Waals surface area contributed by atoms with E-state index in [4.69, 9.17) is 4.74 Å². The molecule has 8 nitrogen and oxygen atoms in total. The van der Waals surface area contributed by atoms with Crippen LogP contribution in [-0.4, -0.2) is 57.1 Å². The lowest BCUT2D eigenvalue weighted by atomic mass is 9.95. The summed E-state index contributed by atoms with van der Waals surface area (Å²) >= 11 is 0. The van der Waals surface area contributed by atoms with E-state index in [0.717, 1.165) is 43.1 Å². The fourth-order valence-corrected chi connectivity index (χ4v) is 6.20. The number of sulfonamides is 1. The summed E-state index contributed by atoms with van der Waals surface area (Å²) in [5, 5.41) is 3.20. The summed E-state index contributed by atoms with van der Waals surface area (Å²) in [7, 11) is -2.05. The van der Waals surface area contributed by atoms with Crippen molar-refractivity contribution in [2.75, 3.05) is 24.2 Å². The molecular formula is C30H43N3O5S. The molecule has 1 N–H and O–H groups in total. The average Bonchev–Trinajstić information content (AvgIpc) is 2.90. The van der Waals surface area contributed by atoms with Gasteiger partial charge in [-0.3, -0.25) is 13.9 Å². The summed E-state index contributed by atoms with van der Waals surface area (Å²) in [5.74, 6) is 0.275. The molecule has 0 aromatic heterocycles. The first kappa shape index (κ1) is 30.5. The Balaban J connectivity index is 1.76. The SMILES string of the molecule is CC[C@H](C(=O)NC1CCCCC1)N(Cc1cccc(C)c1)C(=O)CCCN(c1cccc(OC)c1)S(C)(=O)=O. The maximum absolute atomic E-state index is 13.7. The van der Waals surface area contributed by atoms with Crippen molar-refractivity contribution in [3.8, 4) is 5.75 Å². The van der Waals surface area contributed by atoms with Crippen molar-refractivity contribution < 1.29 is 22.7 Å². The van der Waals surface area contributed by atoms with Crippen LogP contribution in [0.3, 0.4) is 0 Å². The molecule has 2 aromatic rings. The summed E-state index contributed by atoms with van der Waals surface area (Å²) < 4.78 is 31.7. The van der Waals surface area contributed by atoms with Crippen molar-refractivity contribution in [3.05, 3.63) is 59.7 Å². The van der Waals surface area contributed by atoms with Gasteiger partial charge < -0.3 is 15.0 Å². The molecule has 0 radical (unpaired) electrons. The van der Waals surface area contributed by atoms with Crippen LogP contribution in [0.1, 0.15) is 69.4 Å². The third-order valence-corrected chi connectivity index (χ3v) is 8.46. The summed E-state index contributed by atoms with van der Waals surface area (Å²) in [5.41, 5.74) is 2.53. The number of methoxy groups -OCH3 is 1. The molecule has 39 heavy (non-hydrogen) atoms. The van der Waals surface area contributed by atoms with Crippen LogP contribution in [0, 0.1) is 6.92 Å². The van der Waals surface area contributed by atoms with Crippen molar-refractivity contribution >= 4 is 27.5 Å². The first-order valence-corrected chi connectivity index (χ1v) is 15.7. The van der Waals surface area contributed by atoms with Crippen LogP contribution in [0.25, 0.3) is 0 Å². The highest BCUT2D eigenvalue weighted by molar-refractivity contribution is 7.92. The van der Waals surface area contributed by atoms with Gasteiger partial charge in [-0.1, -0.05) is 62.1 Å². The molecule has 2 amide bonds. The Morgan fingerprint density at radius 1 is 1.08 bits per heavy atom. The first-order chi connectivity index (χ1) is 18.6. The Bertz CT molecular complexity index is 1210. The molecule has 1 aliphatic rings. The molecule has 0 bridgehead atoms. The van der Waals surface area contributed by atoms with Gasteiger partial charge >= 0.3 is 0 Å². The van der Waals surface area contributed by atoms with Gasteiger partial charge in [0.1, 0.15) is 11.8 Å². The van der Waals surface area contributed by atoms with Crippen LogP contribution in [0.5, 0.6) is 5.75 Å². The number of nitrogens with one attached hydrogen (secondary N) is 1. The maximum Gasteiger partial charge on any atom is 0.243 e. The number of aryl methyl sites for hydroxylation is 1. The smallest absolute Gasteiger partial charge is 0.243 e. The highest BCUT2D eigenvalue weighted by atomic mass is 32.2. The molecule has 0 heterocycles. The zero-order valence-electron chi connectivity index (χ0n) is 23.7. The summed E-state index contributed by atoms with van der Waals surface area (Å²) in [6.07, 6.45) is 7.44. The molecule has 1 saturated carbocycles. The number of carbonyl (C=O) groups excluding carboxylic acids is 2. The summed E-state index contributed by atoms with van der Waals surface area (Å²) in [4.78, 5) is 28.7. The number of carbonyl (C=O) groups is 2. The fourth-order valence-electron chi connectivity index (χ4n) is 5.24. The van der Waals surface area contributed by atoms with Gasteiger partial charge in [-0.15, -0.1) is 0 Å². The minimum absolute atomic E-state index is 0.112. The lowest BCUT2D eigenvalue weighted by Crippen LogP contribution is -2.51. The molecule has 1 aliphatic carbocycles. The largest absolute Gasteiger partial charge is 0.497 e. The minimum atomic E-state index is -3.58. The number of ether oxygens (including phenoxy) is 1. The molecule has 3 rings (SSSR count). The van der Waals surface area contributed by atoms with E-state index in [1.54, 1.807) is 29.2 Å². The van der Waals surface area contributed by atoms with Crippen molar-refractivity contribution in [1.29, 1.82) is 0 Å². The fraction of sp³-hybridized carbons (Fsp3) is 0.533. The van der Waals surface area contributed by atoms with Crippen LogP contribution in [0.2, 0.25) is 0 Å². The van der Waals surface area contributed by atoms with Gasteiger partial charge in [-0.25, -0.2) is 8.42 Å². The van der Waals surface area contributed by atoms with E-state index in [2.05, 4.69) is 5.32 Å². The van der Waals surface area contributed by atoms with Crippen LogP contribution in [-0.2, 0) is 26.2 Å². The molecule has 0 spiro atoms. The molecular weight excluding hydrogens is 514 g/mol. The minimum Gasteiger partial charge on any atom is -0.497 e. The van der Waals surface area contributed by atoms with Crippen molar-refractivity contribution in [2.24, 2.45) is 0 Å². The van der Waals surface area contributed by atoms with Crippen LogP contribution >= 0.6 is 0 Å². The highest BCUT2D eigenvalue weighted by Gasteiger charge is 2.30. The van der Waals surface area contributed by atoms with E-state index in [0.29, 0.717) is 30.8 Å². The van der Waals surface area contributed by atoms with Gasteiger partial charge in [0.25, 0.3) is 0 Å². The molecule has 0 aliphatic heterocycles. The Morgan fingerprint density at radius 3 is 2.44 bits per heavy atom. The van der Waals surface area contributed by atoms with Gasteiger partial charge in [0.05, 0.1) is 19.1 Å². The lowest BCUT2D eigenvalue weighted by molar-refractivity contribution is -0.141. The topological polar surface area (TPSA) is 96.0 Å². The number of benzene rings is 2. The summed E-state index contributed by atoms with van der Waals surface area (Å²) in [6, 6.07) is 14.4.